The van der Waals surface area contributed by atoms with Gasteiger partial charge in [-0.3, -0.25) is 11.3 Å². The zero-order valence-electron chi connectivity index (χ0n) is 13.3. The van der Waals surface area contributed by atoms with Crippen LogP contribution in [-0.2, 0) is 12.8 Å². The Kier molecular flexibility index (Phi) is 5.54. The van der Waals surface area contributed by atoms with Gasteiger partial charge in [0.05, 0.1) is 0 Å². The molecule has 0 saturated carbocycles. The highest BCUT2D eigenvalue weighted by Gasteiger charge is 2.10. The Morgan fingerprint density at radius 2 is 1.76 bits per heavy atom. The van der Waals surface area contributed by atoms with E-state index >= 15 is 0 Å². The third kappa shape index (κ3) is 4.69. The van der Waals surface area contributed by atoms with Crippen LogP contribution in [0.1, 0.15) is 34.2 Å². The van der Waals surface area contributed by atoms with Crippen molar-refractivity contribution in [3.63, 3.8) is 0 Å². The molecule has 0 aliphatic rings. The lowest BCUT2D eigenvalue weighted by molar-refractivity contribution is 0.490. The van der Waals surface area contributed by atoms with E-state index in [9.17, 15) is 0 Å². The highest BCUT2D eigenvalue weighted by Crippen LogP contribution is 2.15. The maximum absolute atomic E-state index is 5.75. The molecule has 0 fully saturated rings. The van der Waals surface area contributed by atoms with E-state index < -0.39 is 0 Å². The van der Waals surface area contributed by atoms with Crippen LogP contribution in [0.4, 0.5) is 0 Å². The second-order valence-electron chi connectivity index (χ2n) is 6.03. The summed E-state index contributed by atoms with van der Waals surface area (Å²) in [7, 11) is 0. The minimum atomic E-state index is 0.311. The predicted molar refractivity (Wildman–Crippen MR) is 90.2 cm³/mol. The second-order valence-corrected chi connectivity index (χ2v) is 6.03. The lowest BCUT2D eigenvalue weighted by atomic mass is 9.95. The van der Waals surface area contributed by atoms with Gasteiger partial charge in [-0.05, 0) is 56.7 Å². The molecule has 0 saturated heterocycles. The van der Waals surface area contributed by atoms with Crippen LogP contribution in [0.3, 0.4) is 0 Å². The summed E-state index contributed by atoms with van der Waals surface area (Å²) in [6.45, 7) is 6.45. The highest BCUT2D eigenvalue weighted by molar-refractivity contribution is 5.31. The maximum atomic E-state index is 5.75. The molecule has 0 amide bonds. The molecule has 2 rings (SSSR count). The normalized spacial score (nSPS) is 12.4. The summed E-state index contributed by atoms with van der Waals surface area (Å²) in [5, 5.41) is 0. The number of rotatable bonds is 6. The van der Waals surface area contributed by atoms with E-state index in [1.165, 1.54) is 27.8 Å². The van der Waals surface area contributed by atoms with Crippen LogP contribution in [0, 0.1) is 20.8 Å². The summed E-state index contributed by atoms with van der Waals surface area (Å²) in [6.07, 6.45) is 3.09. The first-order chi connectivity index (χ1) is 10.1. The van der Waals surface area contributed by atoms with E-state index in [1.807, 2.05) is 0 Å². The van der Waals surface area contributed by atoms with Crippen molar-refractivity contribution in [1.82, 2.24) is 5.43 Å². The highest BCUT2D eigenvalue weighted by atomic mass is 15.2. The molecule has 2 aromatic rings. The monoisotopic (exact) mass is 282 g/mol. The quantitative estimate of drug-likeness (QED) is 0.627. The number of nitrogens with two attached hydrogens (primary N) is 1. The Labute approximate surface area is 128 Å². The molecule has 21 heavy (non-hydrogen) atoms. The molecule has 3 N–H and O–H groups in total. The number of hydrogen-bond acceptors (Lipinski definition) is 2. The largest absolute Gasteiger partial charge is 0.271 e. The van der Waals surface area contributed by atoms with E-state index in [1.54, 1.807) is 0 Å². The van der Waals surface area contributed by atoms with Crippen LogP contribution in [0.25, 0.3) is 0 Å². The first kappa shape index (κ1) is 15.7. The topological polar surface area (TPSA) is 38.0 Å². The van der Waals surface area contributed by atoms with E-state index in [4.69, 9.17) is 5.84 Å². The number of benzene rings is 2. The Morgan fingerprint density at radius 3 is 2.48 bits per heavy atom. The van der Waals surface area contributed by atoms with Crippen LogP contribution in [0.2, 0.25) is 0 Å². The van der Waals surface area contributed by atoms with Crippen LogP contribution < -0.4 is 11.3 Å². The molecular formula is C19H26N2. The molecule has 0 bridgehead atoms. The molecule has 1 unspecified atom stereocenters. The smallest absolute Gasteiger partial charge is 0.0254 e. The van der Waals surface area contributed by atoms with Crippen LogP contribution in [0.5, 0.6) is 0 Å². The number of hydrazine groups is 1. The minimum absolute atomic E-state index is 0.311. The van der Waals surface area contributed by atoms with Gasteiger partial charge in [-0.2, -0.15) is 0 Å². The molecule has 0 radical (unpaired) electrons. The number of nitrogens with one attached hydrogen (secondary N) is 1. The van der Waals surface area contributed by atoms with Crippen molar-refractivity contribution >= 4 is 0 Å². The van der Waals surface area contributed by atoms with Gasteiger partial charge in [0.15, 0.2) is 0 Å². The van der Waals surface area contributed by atoms with Gasteiger partial charge in [0.1, 0.15) is 0 Å². The van der Waals surface area contributed by atoms with Crippen molar-refractivity contribution in [2.45, 2.75) is 46.1 Å². The molecule has 2 nitrogen and oxygen atoms in total. The van der Waals surface area contributed by atoms with E-state index in [0.717, 1.165) is 19.3 Å². The fourth-order valence-corrected chi connectivity index (χ4v) is 2.74. The third-order valence-corrected chi connectivity index (χ3v) is 4.07. The van der Waals surface area contributed by atoms with Gasteiger partial charge in [-0.1, -0.05) is 53.6 Å². The van der Waals surface area contributed by atoms with E-state index in [2.05, 4.69) is 68.7 Å². The molecule has 112 valence electrons. The van der Waals surface area contributed by atoms with Crippen LogP contribution >= 0.6 is 0 Å². The molecule has 2 heteroatoms. The SMILES string of the molecule is Cc1cccc(CCC(Cc2cc(C)ccc2C)NN)c1. The third-order valence-electron chi connectivity index (χ3n) is 4.07. The van der Waals surface area contributed by atoms with E-state index in [-0.39, 0.29) is 0 Å². The summed E-state index contributed by atoms with van der Waals surface area (Å²) < 4.78 is 0. The summed E-state index contributed by atoms with van der Waals surface area (Å²) in [4.78, 5) is 0. The first-order valence-electron chi connectivity index (χ1n) is 7.66. The van der Waals surface area contributed by atoms with Crippen molar-refractivity contribution in [2.75, 3.05) is 0 Å². The molecule has 2 aromatic carbocycles. The van der Waals surface area contributed by atoms with Gasteiger partial charge in [0.25, 0.3) is 0 Å². The molecule has 0 heterocycles. The van der Waals surface area contributed by atoms with Crippen molar-refractivity contribution in [3.05, 3.63) is 70.3 Å². The van der Waals surface area contributed by atoms with Crippen molar-refractivity contribution in [3.8, 4) is 0 Å². The van der Waals surface area contributed by atoms with Gasteiger partial charge in [0, 0.05) is 6.04 Å². The van der Waals surface area contributed by atoms with Crippen molar-refractivity contribution in [1.29, 1.82) is 0 Å². The fourth-order valence-electron chi connectivity index (χ4n) is 2.74. The van der Waals surface area contributed by atoms with Gasteiger partial charge < -0.3 is 0 Å². The molecule has 0 spiro atoms. The number of aryl methyl sites for hydroxylation is 4. The van der Waals surface area contributed by atoms with Gasteiger partial charge >= 0.3 is 0 Å². The number of hydrogen-bond donors (Lipinski definition) is 2. The summed E-state index contributed by atoms with van der Waals surface area (Å²) in [5.41, 5.74) is 9.73. The molecule has 1 atom stereocenters. The van der Waals surface area contributed by atoms with Gasteiger partial charge in [-0.15, -0.1) is 0 Å². The lowest BCUT2D eigenvalue weighted by Gasteiger charge is -2.18. The van der Waals surface area contributed by atoms with Crippen molar-refractivity contribution in [2.24, 2.45) is 5.84 Å². The standard InChI is InChI=1S/C19H26N2/c1-14-5-4-6-17(11-14)9-10-19(21-20)13-18-12-15(2)7-8-16(18)3/h4-8,11-12,19,21H,9-10,13,20H2,1-3H3. The Morgan fingerprint density at radius 1 is 1.00 bits per heavy atom. The fraction of sp³-hybridized carbons (Fsp3) is 0.368. The minimum Gasteiger partial charge on any atom is -0.271 e. The maximum Gasteiger partial charge on any atom is 0.0254 e. The molecular weight excluding hydrogens is 256 g/mol. The predicted octanol–water partition coefficient (Wildman–Crippen LogP) is 3.62. The van der Waals surface area contributed by atoms with Crippen LogP contribution in [-0.4, -0.2) is 6.04 Å². The summed E-state index contributed by atoms with van der Waals surface area (Å²) in [6, 6.07) is 15.6. The molecule has 0 aliphatic heterocycles. The summed E-state index contributed by atoms with van der Waals surface area (Å²) >= 11 is 0. The van der Waals surface area contributed by atoms with Crippen molar-refractivity contribution < 1.29 is 0 Å². The van der Waals surface area contributed by atoms with E-state index in [0.29, 0.717) is 6.04 Å². The first-order valence-corrected chi connectivity index (χ1v) is 7.66. The van der Waals surface area contributed by atoms with Crippen LogP contribution in [0.15, 0.2) is 42.5 Å². The summed E-state index contributed by atoms with van der Waals surface area (Å²) in [5.74, 6) is 5.75. The average molecular weight is 282 g/mol. The Hall–Kier alpha value is -1.64. The Balaban J connectivity index is 1.98. The van der Waals surface area contributed by atoms with Gasteiger partial charge in [-0.25, -0.2) is 0 Å². The zero-order chi connectivity index (χ0) is 15.2. The zero-order valence-corrected chi connectivity index (χ0v) is 13.3. The molecule has 0 aliphatic carbocycles. The van der Waals surface area contributed by atoms with Gasteiger partial charge in [0.2, 0.25) is 0 Å². The lowest BCUT2D eigenvalue weighted by Crippen LogP contribution is -2.37. The Bertz CT molecular complexity index is 590. The molecule has 0 aromatic heterocycles. The second kappa shape index (κ2) is 7.39. The average Bonchev–Trinajstić information content (AvgIpc) is 2.47.